The van der Waals surface area contributed by atoms with E-state index < -0.39 is 11.4 Å². The topological polar surface area (TPSA) is 60.0 Å². The number of fused-ring (bicyclic) bond motifs is 1. The van der Waals surface area contributed by atoms with Crippen molar-refractivity contribution in [1.29, 1.82) is 0 Å². The first-order valence-electron chi connectivity index (χ1n) is 7.67. The molecule has 2 aliphatic rings. The van der Waals surface area contributed by atoms with E-state index in [1.54, 1.807) is 11.3 Å². The minimum Gasteiger partial charge on any atom is -0.598 e. The molecule has 1 aromatic heterocycles. The monoisotopic (exact) mass is 327 g/mol. The van der Waals surface area contributed by atoms with Crippen LogP contribution >= 0.6 is 11.3 Å². The third kappa shape index (κ3) is 2.88. The minimum atomic E-state index is -1.04. The smallest absolute Gasteiger partial charge is 0.136 e. The molecule has 2 N–H and O–H groups in total. The zero-order valence-electron chi connectivity index (χ0n) is 13.3. The zero-order valence-corrected chi connectivity index (χ0v) is 14.9. The number of aryl methyl sites for hydroxylation is 1. The van der Waals surface area contributed by atoms with Crippen LogP contribution in [0.1, 0.15) is 55.2 Å². The summed E-state index contributed by atoms with van der Waals surface area (Å²) in [5.41, 5.74) is 1.44. The average Bonchev–Trinajstić information content (AvgIpc) is 2.86. The summed E-state index contributed by atoms with van der Waals surface area (Å²) in [7, 11) is 0. The molecular formula is C15H25N3OS2. The van der Waals surface area contributed by atoms with Crippen LogP contribution in [-0.4, -0.2) is 27.4 Å². The normalized spacial score (nSPS) is 26.0. The Morgan fingerprint density at radius 3 is 2.67 bits per heavy atom. The minimum absolute atomic E-state index is 0.195. The molecule has 118 valence electrons. The first-order chi connectivity index (χ1) is 9.82. The van der Waals surface area contributed by atoms with Gasteiger partial charge < -0.3 is 9.87 Å². The molecule has 1 unspecified atom stereocenters. The van der Waals surface area contributed by atoms with Gasteiger partial charge in [0, 0.05) is 21.7 Å². The van der Waals surface area contributed by atoms with E-state index in [2.05, 4.69) is 17.0 Å². The van der Waals surface area contributed by atoms with Gasteiger partial charge in [-0.25, -0.2) is 4.98 Å². The Morgan fingerprint density at radius 2 is 2.05 bits per heavy atom. The number of hydrogen-bond acceptors (Lipinski definition) is 5. The third-order valence-corrected chi connectivity index (χ3v) is 7.25. The summed E-state index contributed by atoms with van der Waals surface area (Å²) in [4.78, 5) is 6.05. The highest BCUT2D eigenvalue weighted by atomic mass is 32.2. The molecule has 1 aliphatic carbocycles. The number of piperidine rings is 1. The van der Waals surface area contributed by atoms with E-state index in [1.807, 2.05) is 20.8 Å². The zero-order chi connectivity index (χ0) is 15.3. The maximum atomic E-state index is 12.6. The van der Waals surface area contributed by atoms with Crippen LogP contribution in [0.2, 0.25) is 0 Å². The molecule has 1 saturated heterocycles. The molecule has 0 saturated carbocycles. The van der Waals surface area contributed by atoms with E-state index >= 15 is 0 Å². The van der Waals surface area contributed by atoms with Gasteiger partial charge in [0.05, 0.1) is 16.7 Å². The Kier molecular flexibility index (Phi) is 4.12. The Labute approximate surface area is 134 Å². The van der Waals surface area contributed by atoms with Crippen LogP contribution in [0.5, 0.6) is 0 Å². The van der Waals surface area contributed by atoms with Crippen molar-refractivity contribution < 1.29 is 4.55 Å². The first kappa shape index (κ1) is 15.7. The average molecular weight is 328 g/mol. The molecule has 0 amide bonds. The number of hydrogen-bond donors (Lipinski definition) is 2. The summed E-state index contributed by atoms with van der Waals surface area (Å²) >= 11 is 0.732. The van der Waals surface area contributed by atoms with Crippen molar-refractivity contribution in [2.75, 3.05) is 13.1 Å². The number of aromatic nitrogens is 1. The second-order valence-corrected chi connectivity index (χ2v) is 10.5. The molecule has 2 atom stereocenters. The Bertz CT molecular complexity index is 517. The highest BCUT2D eigenvalue weighted by Crippen LogP contribution is 2.53. The van der Waals surface area contributed by atoms with Gasteiger partial charge in [0.25, 0.3) is 0 Å². The Balaban J connectivity index is 1.90. The summed E-state index contributed by atoms with van der Waals surface area (Å²) in [5, 5.41) is 4.57. The van der Waals surface area contributed by atoms with E-state index in [1.165, 1.54) is 10.6 Å². The lowest BCUT2D eigenvalue weighted by Crippen LogP contribution is -2.48. The van der Waals surface area contributed by atoms with E-state index in [4.69, 9.17) is 4.98 Å². The predicted octanol–water partition coefficient (Wildman–Crippen LogP) is 2.47. The van der Waals surface area contributed by atoms with Crippen LogP contribution in [0.4, 0.5) is 0 Å². The van der Waals surface area contributed by atoms with Gasteiger partial charge >= 0.3 is 0 Å². The molecule has 0 radical (unpaired) electrons. The van der Waals surface area contributed by atoms with Crippen LogP contribution in [0.3, 0.4) is 0 Å². The van der Waals surface area contributed by atoms with Crippen molar-refractivity contribution in [3.05, 3.63) is 15.6 Å². The molecule has 1 spiro atoms. The lowest BCUT2D eigenvalue weighted by Gasteiger charge is -2.40. The van der Waals surface area contributed by atoms with Crippen molar-refractivity contribution in [3.63, 3.8) is 0 Å². The predicted molar refractivity (Wildman–Crippen MR) is 88.9 cm³/mol. The molecule has 4 nitrogen and oxygen atoms in total. The van der Waals surface area contributed by atoms with Gasteiger partial charge in [-0.05, 0) is 60.0 Å². The van der Waals surface area contributed by atoms with Gasteiger partial charge in [0.15, 0.2) is 0 Å². The van der Waals surface area contributed by atoms with Gasteiger partial charge in [-0.3, -0.25) is 0 Å². The van der Waals surface area contributed by atoms with Crippen LogP contribution < -0.4 is 10.0 Å². The van der Waals surface area contributed by atoms with Crippen molar-refractivity contribution >= 4 is 22.7 Å². The second-order valence-electron chi connectivity index (χ2n) is 7.26. The first-order valence-corrected chi connectivity index (χ1v) is 9.63. The highest BCUT2D eigenvalue weighted by molar-refractivity contribution is 7.90. The fourth-order valence-corrected chi connectivity index (χ4v) is 5.55. The van der Waals surface area contributed by atoms with E-state index in [0.717, 1.165) is 37.4 Å². The quantitative estimate of drug-likeness (QED) is 0.819. The molecule has 1 aliphatic heterocycles. The fraction of sp³-hybridized carbons (Fsp3) is 0.800. The number of thiazole rings is 1. The van der Waals surface area contributed by atoms with E-state index in [9.17, 15) is 4.55 Å². The highest BCUT2D eigenvalue weighted by Gasteiger charge is 2.51. The fourth-order valence-electron chi connectivity index (χ4n) is 3.40. The van der Waals surface area contributed by atoms with Crippen molar-refractivity contribution in [1.82, 2.24) is 15.0 Å². The molecule has 1 aromatic rings. The summed E-state index contributed by atoms with van der Waals surface area (Å²) in [6.45, 7) is 10.2. The molecular weight excluding hydrogens is 302 g/mol. The SMILES string of the molecule is Cc1nc2c(s1)[C@@H](N[S+]([O-])C(C)(C)C)C1(CCNCC1)C2. The summed E-state index contributed by atoms with van der Waals surface area (Å²) < 4.78 is 15.9. The van der Waals surface area contributed by atoms with Crippen LogP contribution in [0.25, 0.3) is 0 Å². The van der Waals surface area contributed by atoms with Gasteiger partial charge in [-0.15, -0.1) is 16.1 Å². The van der Waals surface area contributed by atoms with Gasteiger partial charge in [0.2, 0.25) is 0 Å². The van der Waals surface area contributed by atoms with Crippen LogP contribution in [0, 0.1) is 12.3 Å². The Morgan fingerprint density at radius 1 is 1.38 bits per heavy atom. The molecule has 2 heterocycles. The maximum Gasteiger partial charge on any atom is 0.136 e. The summed E-state index contributed by atoms with van der Waals surface area (Å²) in [5.74, 6) is 0. The molecule has 21 heavy (non-hydrogen) atoms. The molecule has 0 bridgehead atoms. The largest absolute Gasteiger partial charge is 0.598 e. The van der Waals surface area contributed by atoms with Crippen molar-refractivity contribution in [2.24, 2.45) is 5.41 Å². The maximum absolute atomic E-state index is 12.6. The lowest BCUT2D eigenvalue weighted by molar-refractivity contribution is 0.164. The Hall–Kier alpha value is -0.140. The van der Waals surface area contributed by atoms with Crippen LogP contribution in [-0.2, 0) is 17.8 Å². The second kappa shape index (κ2) is 5.49. The van der Waals surface area contributed by atoms with Crippen molar-refractivity contribution in [2.45, 2.75) is 57.7 Å². The van der Waals surface area contributed by atoms with Gasteiger partial charge in [-0.2, -0.15) is 0 Å². The van der Waals surface area contributed by atoms with Gasteiger partial charge in [-0.1, -0.05) is 0 Å². The molecule has 0 aromatic carbocycles. The number of nitrogens with one attached hydrogen (secondary N) is 2. The lowest BCUT2D eigenvalue weighted by atomic mass is 9.74. The summed E-state index contributed by atoms with van der Waals surface area (Å²) in [6, 6.07) is 0.195. The molecule has 6 heteroatoms. The standard InChI is InChI=1S/C15H25N3OS2/c1-10-17-11-9-15(5-7-16-8-6-15)13(12(11)20-10)18-21(19)14(2,3)4/h13,16,18H,5-9H2,1-4H3/t13-,21?/m1/s1. The van der Waals surface area contributed by atoms with E-state index in [0.29, 0.717) is 0 Å². The summed E-state index contributed by atoms with van der Waals surface area (Å²) in [6.07, 6.45) is 3.30. The third-order valence-electron chi connectivity index (χ3n) is 4.61. The number of nitrogens with zero attached hydrogens (tertiary/aromatic N) is 1. The van der Waals surface area contributed by atoms with Crippen LogP contribution in [0.15, 0.2) is 0 Å². The molecule has 3 rings (SSSR count). The van der Waals surface area contributed by atoms with E-state index in [-0.39, 0.29) is 16.2 Å². The number of rotatable bonds is 2. The van der Waals surface area contributed by atoms with Crippen molar-refractivity contribution in [3.8, 4) is 0 Å². The van der Waals surface area contributed by atoms with Gasteiger partial charge in [0.1, 0.15) is 4.75 Å². The molecule has 1 fully saturated rings.